The van der Waals surface area contributed by atoms with Gasteiger partial charge in [0, 0.05) is 18.2 Å². The van der Waals surface area contributed by atoms with Crippen molar-refractivity contribution in [2.45, 2.75) is 31.7 Å². The zero-order valence-electron chi connectivity index (χ0n) is 24.6. The lowest BCUT2D eigenvalue weighted by Crippen LogP contribution is -2.54. The topological polar surface area (TPSA) is 15.6 Å². The van der Waals surface area contributed by atoms with Gasteiger partial charge in [0.15, 0.2) is 0 Å². The van der Waals surface area contributed by atoms with Gasteiger partial charge in [-0.1, -0.05) is 129 Å². The number of para-hydroxylation sites is 2. The Kier molecular flexibility index (Phi) is 5.17. The third kappa shape index (κ3) is 3.21. The number of benzene rings is 7. The molecule has 1 aliphatic carbocycles. The van der Waals surface area contributed by atoms with E-state index < -0.39 is 0 Å². The largest absolute Gasteiger partial charge is 0.358 e. The van der Waals surface area contributed by atoms with E-state index in [9.17, 15) is 0 Å². The second kappa shape index (κ2) is 9.02. The molecule has 0 saturated carbocycles. The van der Waals surface area contributed by atoms with Gasteiger partial charge in [-0.3, -0.25) is 0 Å². The fourth-order valence-corrected chi connectivity index (χ4v) is 8.12. The highest BCUT2D eigenvalue weighted by atomic mass is 15.2. The molecule has 1 aliphatic heterocycles. The maximum atomic E-state index is 5.59. The summed E-state index contributed by atoms with van der Waals surface area (Å²) in [6.07, 6.45) is 3.25. The van der Waals surface area contributed by atoms with E-state index in [-0.39, 0.29) is 5.54 Å². The number of rotatable bonds is 3. The first-order chi connectivity index (χ1) is 21.2. The molecule has 1 atom stereocenters. The summed E-state index contributed by atoms with van der Waals surface area (Å²) in [5, 5.41) is 10.4. The second-order valence-corrected chi connectivity index (χ2v) is 12.2. The normalized spacial score (nSPS) is 17.1. The Morgan fingerprint density at radius 3 is 1.91 bits per heavy atom. The summed E-state index contributed by atoms with van der Waals surface area (Å²) in [6.45, 7) is 2.30. The summed E-state index contributed by atoms with van der Waals surface area (Å²) in [6, 6.07) is 45.0. The number of unbranched alkanes of at least 4 members (excludes halogenated alkanes) is 1. The Morgan fingerprint density at radius 2 is 1.19 bits per heavy atom. The van der Waals surface area contributed by atoms with E-state index in [2.05, 4.69) is 140 Å². The predicted octanol–water partition coefficient (Wildman–Crippen LogP) is 10.9. The molecule has 2 heteroatoms. The number of nitrogens with zero attached hydrogens (tertiary/aromatic N) is 2. The SMILES string of the molecule is CCCCC12C(=Nc3ccccc3N1C)c1ccc3ccc4ccccc4c3c1-c1c2ccc2ccc3ccccc3c12. The molecule has 0 fully saturated rings. The van der Waals surface area contributed by atoms with E-state index in [4.69, 9.17) is 4.99 Å². The van der Waals surface area contributed by atoms with Gasteiger partial charge in [0.1, 0.15) is 5.54 Å². The zero-order chi connectivity index (χ0) is 28.7. The first-order valence-corrected chi connectivity index (χ1v) is 15.5. The Hall–Kier alpha value is -4.95. The molecule has 0 spiro atoms. The van der Waals surface area contributed by atoms with Crippen molar-refractivity contribution in [1.29, 1.82) is 0 Å². The average molecular weight is 553 g/mol. The molecule has 7 aromatic rings. The molecule has 0 bridgehead atoms. The van der Waals surface area contributed by atoms with Crippen LogP contribution in [0.4, 0.5) is 11.4 Å². The zero-order valence-corrected chi connectivity index (χ0v) is 24.6. The van der Waals surface area contributed by atoms with E-state index in [0.717, 1.165) is 24.9 Å². The van der Waals surface area contributed by atoms with Crippen LogP contribution in [0, 0.1) is 0 Å². The molecule has 0 amide bonds. The van der Waals surface area contributed by atoms with Gasteiger partial charge in [0.25, 0.3) is 0 Å². The first-order valence-electron chi connectivity index (χ1n) is 15.5. The van der Waals surface area contributed by atoms with Gasteiger partial charge in [-0.25, -0.2) is 4.99 Å². The summed E-state index contributed by atoms with van der Waals surface area (Å²) >= 11 is 0. The van der Waals surface area contributed by atoms with Crippen LogP contribution in [0.5, 0.6) is 0 Å². The first kappa shape index (κ1) is 24.6. The molecule has 0 radical (unpaired) electrons. The minimum Gasteiger partial charge on any atom is -0.358 e. The van der Waals surface area contributed by atoms with Crippen molar-refractivity contribution in [2.75, 3.05) is 11.9 Å². The van der Waals surface area contributed by atoms with Crippen molar-refractivity contribution in [1.82, 2.24) is 0 Å². The van der Waals surface area contributed by atoms with Crippen molar-refractivity contribution in [3.63, 3.8) is 0 Å². The van der Waals surface area contributed by atoms with Crippen LogP contribution in [0.15, 0.2) is 126 Å². The third-order valence-corrected chi connectivity index (χ3v) is 10.1. The highest BCUT2D eigenvalue weighted by Gasteiger charge is 2.50. The minimum atomic E-state index is -0.379. The minimum absolute atomic E-state index is 0.379. The van der Waals surface area contributed by atoms with Gasteiger partial charge >= 0.3 is 0 Å². The molecule has 9 rings (SSSR count). The van der Waals surface area contributed by atoms with Gasteiger partial charge < -0.3 is 4.90 Å². The summed E-state index contributed by atoms with van der Waals surface area (Å²) in [5.41, 5.74) is 8.36. The summed E-state index contributed by atoms with van der Waals surface area (Å²) in [4.78, 5) is 8.14. The van der Waals surface area contributed by atoms with Crippen LogP contribution in [-0.2, 0) is 5.54 Å². The average Bonchev–Trinajstić information content (AvgIpc) is 3.07. The van der Waals surface area contributed by atoms with Gasteiger partial charge in [-0.05, 0) is 72.8 Å². The standard InChI is InChI=1S/C41H32N2/c1-3-4-25-41-33-24-22-29-20-18-27-12-6-8-14-31(27)37(29)39(33)38-32(40(41)42-34-15-9-10-16-35(34)43(41)2)23-21-28-19-17-26-11-5-7-13-30(26)36(28)38/h5-24H,3-4,25H2,1-2H3. The van der Waals surface area contributed by atoms with E-state index in [1.54, 1.807) is 0 Å². The highest BCUT2D eigenvalue weighted by molar-refractivity contribution is 6.31. The van der Waals surface area contributed by atoms with E-state index in [1.807, 2.05) is 0 Å². The molecule has 0 aromatic heterocycles. The fraction of sp³-hybridized carbons (Fsp3) is 0.146. The van der Waals surface area contributed by atoms with Crippen LogP contribution in [0.2, 0.25) is 0 Å². The lowest BCUT2D eigenvalue weighted by molar-refractivity contribution is 0.486. The maximum Gasteiger partial charge on any atom is 0.109 e. The molecule has 1 heterocycles. The van der Waals surface area contributed by atoms with Crippen molar-refractivity contribution < 1.29 is 0 Å². The molecule has 2 aliphatic rings. The molecule has 1 unspecified atom stereocenters. The monoisotopic (exact) mass is 552 g/mol. The quantitative estimate of drug-likeness (QED) is 0.199. The summed E-state index contributed by atoms with van der Waals surface area (Å²) in [7, 11) is 2.29. The van der Waals surface area contributed by atoms with Crippen LogP contribution >= 0.6 is 0 Å². The van der Waals surface area contributed by atoms with Gasteiger partial charge in [0.2, 0.25) is 0 Å². The Bertz CT molecular complexity index is 2310. The van der Waals surface area contributed by atoms with Crippen LogP contribution in [0.1, 0.15) is 37.3 Å². The molecular formula is C41H32N2. The van der Waals surface area contributed by atoms with Crippen molar-refractivity contribution in [3.8, 4) is 11.1 Å². The van der Waals surface area contributed by atoms with Crippen LogP contribution < -0.4 is 4.90 Å². The highest BCUT2D eigenvalue weighted by Crippen LogP contribution is 2.57. The van der Waals surface area contributed by atoms with Gasteiger partial charge in [0.05, 0.1) is 17.1 Å². The number of fused-ring (bicyclic) bond motifs is 15. The van der Waals surface area contributed by atoms with E-state index in [1.165, 1.54) is 76.7 Å². The molecule has 0 N–H and O–H groups in total. The van der Waals surface area contributed by atoms with Crippen molar-refractivity contribution in [3.05, 3.63) is 132 Å². The maximum absolute atomic E-state index is 5.59. The smallest absolute Gasteiger partial charge is 0.109 e. The molecular weight excluding hydrogens is 520 g/mol. The van der Waals surface area contributed by atoms with Crippen molar-refractivity contribution >= 4 is 60.2 Å². The lowest BCUT2D eigenvalue weighted by Gasteiger charge is -2.51. The van der Waals surface area contributed by atoms with E-state index in [0.29, 0.717) is 0 Å². The Morgan fingerprint density at radius 1 is 0.605 bits per heavy atom. The molecule has 206 valence electrons. The Balaban J connectivity index is 1.56. The van der Waals surface area contributed by atoms with Gasteiger partial charge in [-0.15, -0.1) is 0 Å². The fourth-order valence-electron chi connectivity index (χ4n) is 8.12. The van der Waals surface area contributed by atoms with Crippen LogP contribution in [0.3, 0.4) is 0 Å². The lowest BCUT2D eigenvalue weighted by atomic mass is 9.65. The molecule has 7 aromatic carbocycles. The third-order valence-electron chi connectivity index (χ3n) is 10.1. The summed E-state index contributed by atoms with van der Waals surface area (Å²) < 4.78 is 0. The molecule has 2 nitrogen and oxygen atoms in total. The number of likely N-dealkylation sites (N-methyl/N-ethyl adjacent to an activating group) is 1. The summed E-state index contributed by atoms with van der Waals surface area (Å²) in [5.74, 6) is 0. The van der Waals surface area contributed by atoms with Gasteiger partial charge in [-0.2, -0.15) is 0 Å². The van der Waals surface area contributed by atoms with E-state index >= 15 is 0 Å². The molecule has 0 saturated heterocycles. The Labute approximate surface area is 251 Å². The van der Waals surface area contributed by atoms with Crippen molar-refractivity contribution in [2.24, 2.45) is 4.99 Å². The number of anilines is 1. The number of aliphatic imine (C=N–C) groups is 1. The molecule has 43 heavy (non-hydrogen) atoms. The second-order valence-electron chi connectivity index (χ2n) is 12.2. The predicted molar refractivity (Wildman–Crippen MR) is 184 cm³/mol. The number of hydrogen-bond donors (Lipinski definition) is 0. The van der Waals surface area contributed by atoms with Crippen LogP contribution in [0.25, 0.3) is 54.2 Å². The number of hydrogen-bond acceptors (Lipinski definition) is 2. The van der Waals surface area contributed by atoms with Crippen LogP contribution in [-0.4, -0.2) is 12.8 Å².